The highest BCUT2D eigenvalue weighted by molar-refractivity contribution is 7.47. The first-order valence-electron chi connectivity index (χ1n) is 23.6. The normalized spacial score (nSPS) is 14.8. The number of quaternary nitrogens is 1. The van der Waals surface area contributed by atoms with Gasteiger partial charge in [-0.05, 0) is 96.3 Å². The van der Waals surface area contributed by atoms with Crippen LogP contribution in [0.2, 0.25) is 0 Å². The third-order valence-electron chi connectivity index (χ3n) is 8.90. The Labute approximate surface area is 389 Å². The van der Waals surface area contributed by atoms with E-state index in [0.717, 1.165) is 89.9 Å². The van der Waals surface area contributed by atoms with E-state index in [-0.39, 0.29) is 26.1 Å². The van der Waals surface area contributed by atoms with E-state index in [1.807, 2.05) is 33.3 Å². The summed E-state index contributed by atoms with van der Waals surface area (Å²) in [6.07, 6.45) is 65.1. The van der Waals surface area contributed by atoms with Crippen molar-refractivity contribution in [2.24, 2.45) is 0 Å². The number of esters is 2. The summed E-state index contributed by atoms with van der Waals surface area (Å²) in [6, 6.07) is 0. The Bertz CT molecular complexity index is 1590. The molecule has 1 N–H and O–H groups in total. The Morgan fingerprint density at radius 1 is 0.500 bits per heavy atom. The van der Waals surface area contributed by atoms with Gasteiger partial charge in [0.15, 0.2) is 6.10 Å². The van der Waals surface area contributed by atoms with E-state index in [9.17, 15) is 19.0 Å². The fourth-order valence-corrected chi connectivity index (χ4v) is 6.04. The number of nitrogens with zero attached hydrogens (tertiary/aromatic N) is 1. The van der Waals surface area contributed by atoms with E-state index in [1.165, 1.54) is 0 Å². The smallest absolute Gasteiger partial charge is 0.461 e. The Hall–Kier alpha value is -4.11. The van der Waals surface area contributed by atoms with Gasteiger partial charge in [0.2, 0.25) is 0 Å². The number of hydrogen-bond donors (Lipinski definition) is 1. The summed E-state index contributed by atoms with van der Waals surface area (Å²) >= 11 is 0. The molecule has 2 unspecified atom stereocenters. The average molecular weight is 907 g/mol. The average Bonchev–Trinajstić information content (AvgIpc) is 3.25. The molecule has 10 heteroatoms. The lowest BCUT2D eigenvalue weighted by Gasteiger charge is -2.24. The van der Waals surface area contributed by atoms with E-state index in [1.54, 1.807) is 6.08 Å². The summed E-state index contributed by atoms with van der Waals surface area (Å²) in [5.74, 6) is -1.00. The van der Waals surface area contributed by atoms with E-state index in [0.29, 0.717) is 23.9 Å². The van der Waals surface area contributed by atoms with Gasteiger partial charge in [0.1, 0.15) is 19.8 Å². The molecule has 0 aliphatic rings. The van der Waals surface area contributed by atoms with Crippen molar-refractivity contribution in [3.63, 3.8) is 0 Å². The van der Waals surface area contributed by atoms with Crippen molar-refractivity contribution in [1.82, 2.24) is 0 Å². The van der Waals surface area contributed by atoms with Crippen LogP contribution in [-0.4, -0.2) is 74.9 Å². The second-order valence-electron chi connectivity index (χ2n) is 16.0. The molecule has 0 heterocycles. The fourth-order valence-electron chi connectivity index (χ4n) is 5.30. The van der Waals surface area contributed by atoms with E-state index in [4.69, 9.17) is 18.5 Å². The highest BCUT2D eigenvalue weighted by Gasteiger charge is 2.27. The number of phosphoric ester groups is 1. The molecule has 0 spiro atoms. The van der Waals surface area contributed by atoms with Crippen LogP contribution in [-0.2, 0) is 32.7 Å². The van der Waals surface area contributed by atoms with Gasteiger partial charge in [-0.25, -0.2) is 4.57 Å². The number of likely N-dealkylation sites (N-methyl/N-ethyl adjacent to an activating group) is 1. The molecule has 358 valence electrons. The van der Waals surface area contributed by atoms with E-state index >= 15 is 0 Å². The van der Waals surface area contributed by atoms with Crippen LogP contribution in [0, 0.1) is 0 Å². The molecule has 0 aromatic carbocycles. The van der Waals surface area contributed by atoms with Crippen LogP contribution >= 0.6 is 7.82 Å². The third kappa shape index (κ3) is 47.4. The molecule has 64 heavy (non-hydrogen) atoms. The quantitative estimate of drug-likeness (QED) is 0.0213. The lowest BCUT2D eigenvalue weighted by Crippen LogP contribution is -2.37. The summed E-state index contributed by atoms with van der Waals surface area (Å²) < 4.78 is 34.2. The summed E-state index contributed by atoms with van der Waals surface area (Å²) in [5.41, 5.74) is 0. The van der Waals surface area contributed by atoms with Gasteiger partial charge in [-0.15, -0.1) is 0 Å². The van der Waals surface area contributed by atoms with Gasteiger partial charge in [0.05, 0.1) is 34.2 Å². The molecule has 0 bridgehead atoms. The molecule has 0 aromatic rings. The first-order chi connectivity index (χ1) is 31.0. The van der Waals surface area contributed by atoms with Crippen molar-refractivity contribution >= 4 is 19.8 Å². The predicted octanol–water partition coefficient (Wildman–Crippen LogP) is 14.0. The highest BCUT2D eigenvalue weighted by Crippen LogP contribution is 2.43. The minimum absolute atomic E-state index is 0.00165. The number of carbonyl (C=O) groups is 2. The third-order valence-corrected chi connectivity index (χ3v) is 9.88. The lowest BCUT2D eigenvalue weighted by atomic mass is 10.1. The zero-order valence-electron chi connectivity index (χ0n) is 40.2. The maximum absolute atomic E-state index is 12.7. The molecule has 0 aromatic heterocycles. The molecule has 0 rings (SSSR count). The minimum Gasteiger partial charge on any atom is -0.461 e. The van der Waals surface area contributed by atoms with Gasteiger partial charge in [-0.2, -0.15) is 0 Å². The molecule has 0 aliphatic heterocycles. The first kappa shape index (κ1) is 59.9. The maximum atomic E-state index is 12.7. The molecular weight excluding hydrogens is 822 g/mol. The molecule has 0 amide bonds. The lowest BCUT2D eigenvalue weighted by molar-refractivity contribution is -0.870. The molecule has 2 atom stereocenters. The zero-order chi connectivity index (χ0) is 47.1. The fraction of sp³-hybridized carbons (Fsp3) is 0.519. The maximum Gasteiger partial charge on any atom is 0.472 e. The zero-order valence-corrected chi connectivity index (χ0v) is 41.1. The molecule has 0 fully saturated rings. The second kappa shape index (κ2) is 44.1. The van der Waals surface area contributed by atoms with Crippen LogP contribution in [0.1, 0.15) is 129 Å². The van der Waals surface area contributed by atoms with Crippen LogP contribution < -0.4 is 0 Å². The molecule has 0 saturated heterocycles. The first-order valence-corrected chi connectivity index (χ1v) is 25.1. The van der Waals surface area contributed by atoms with E-state index in [2.05, 4.69) is 141 Å². The highest BCUT2D eigenvalue weighted by atomic mass is 31.2. The Morgan fingerprint density at radius 2 is 0.891 bits per heavy atom. The SMILES string of the molecule is CC/C=C\C/C=C\C/C=C\C/C=C\C/C=C\C/C=C\C/C=C\CCCCCC(=O)OC(COC(=O)C/C=C\C/C=C\C/C=C\C/C=C\C/C=C\CC)COP(=O)(O)OCC[N+](C)(C)C. The Morgan fingerprint density at radius 3 is 1.30 bits per heavy atom. The van der Waals surface area contributed by atoms with Crippen molar-refractivity contribution in [3.05, 3.63) is 146 Å². The van der Waals surface area contributed by atoms with Crippen molar-refractivity contribution in [1.29, 1.82) is 0 Å². The number of unbranched alkanes of at least 4 members (excludes halogenated alkanes) is 3. The summed E-state index contributed by atoms with van der Waals surface area (Å²) in [7, 11) is 1.38. The van der Waals surface area contributed by atoms with Crippen LogP contribution in [0.3, 0.4) is 0 Å². The second-order valence-corrected chi connectivity index (χ2v) is 17.5. The van der Waals surface area contributed by atoms with Crippen molar-refractivity contribution in [2.45, 2.75) is 136 Å². The van der Waals surface area contributed by atoms with Gasteiger partial charge in [0.25, 0.3) is 0 Å². The largest absolute Gasteiger partial charge is 0.472 e. The predicted molar refractivity (Wildman–Crippen MR) is 270 cm³/mol. The number of ether oxygens (including phenoxy) is 2. The van der Waals surface area contributed by atoms with Crippen LogP contribution in [0.4, 0.5) is 0 Å². The number of hydrogen-bond acceptors (Lipinski definition) is 7. The topological polar surface area (TPSA) is 108 Å². The molecular formula is C54H85NO8P+. The van der Waals surface area contributed by atoms with E-state index < -0.39 is 32.5 Å². The van der Waals surface area contributed by atoms with Crippen LogP contribution in [0.25, 0.3) is 0 Å². The standard InChI is InChI=1S/C54H84NO8P/c1-6-8-10-12-14-16-18-20-22-23-24-25-26-27-28-29-30-31-33-35-37-39-41-43-45-47-54(57)63-52(51-62-64(58,59)61-49-48-55(3,4)5)50-60-53(56)46-44-42-40-38-36-34-32-21-19-17-15-13-11-9-7-2/h8-11,14-17,20-22,24-25,27-28,30-32,35-38,42,44,52H,6-7,12-13,18-19,23,26,29,33-34,39-41,43,45-51H2,1-5H3/p+1/b10-8-,11-9-,16-14-,17-15-,22-20-,25-24-,28-27-,31-30-,32-21-,37-35-,38-36-,44-42-. The summed E-state index contributed by atoms with van der Waals surface area (Å²) in [6.45, 7) is 4.00. The number of allylic oxidation sites excluding steroid dienone is 23. The minimum atomic E-state index is -4.42. The van der Waals surface area contributed by atoms with Crippen molar-refractivity contribution < 1.29 is 42.1 Å². The van der Waals surface area contributed by atoms with Gasteiger partial charge in [0, 0.05) is 6.42 Å². The number of rotatable bonds is 40. The van der Waals surface area contributed by atoms with Crippen molar-refractivity contribution in [3.8, 4) is 0 Å². The molecule has 0 aliphatic carbocycles. The van der Waals surface area contributed by atoms with Crippen LogP contribution in [0.15, 0.2) is 146 Å². The number of carbonyl (C=O) groups excluding carboxylic acids is 2. The van der Waals surface area contributed by atoms with Gasteiger partial charge >= 0.3 is 19.8 Å². The van der Waals surface area contributed by atoms with Gasteiger partial charge < -0.3 is 18.9 Å². The van der Waals surface area contributed by atoms with Gasteiger partial charge in [-0.1, -0.05) is 166 Å². The van der Waals surface area contributed by atoms with Crippen molar-refractivity contribution in [2.75, 3.05) is 47.5 Å². The molecule has 0 radical (unpaired) electrons. The Balaban J connectivity index is 4.51. The monoisotopic (exact) mass is 907 g/mol. The summed E-state index contributed by atoms with van der Waals surface area (Å²) in [4.78, 5) is 35.4. The molecule has 9 nitrogen and oxygen atoms in total. The Kier molecular flexibility index (Phi) is 41.3. The van der Waals surface area contributed by atoms with Gasteiger partial charge in [-0.3, -0.25) is 18.6 Å². The number of phosphoric acid groups is 1. The summed E-state index contributed by atoms with van der Waals surface area (Å²) in [5, 5.41) is 0. The van der Waals surface area contributed by atoms with Crippen LogP contribution in [0.5, 0.6) is 0 Å². The molecule has 0 saturated carbocycles.